The zero-order valence-electron chi connectivity index (χ0n) is 11.7. The van der Waals surface area contributed by atoms with Crippen LogP contribution >= 0.6 is 0 Å². The number of hydrogen-bond acceptors (Lipinski definition) is 5. The average Bonchev–Trinajstić information content (AvgIpc) is 2.83. The lowest BCUT2D eigenvalue weighted by Gasteiger charge is -2.23. The molecular formula is C14H19N3O2. The number of nitrogens with zero attached hydrogens (tertiary/aromatic N) is 2. The Bertz CT molecular complexity index is 544. The summed E-state index contributed by atoms with van der Waals surface area (Å²) in [7, 11) is 1.50. The number of ether oxygens (including phenoxy) is 1. The van der Waals surface area contributed by atoms with Crippen molar-refractivity contribution < 1.29 is 9.15 Å². The Balaban J connectivity index is 2.11. The summed E-state index contributed by atoms with van der Waals surface area (Å²) in [5, 5.41) is 11.0. The number of methoxy groups -OCH3 is 1. The van der Waals surface area contributed by atoms with Crippen LogP contribution in [-0.4, -0.2) is 17.3 Å². The maximum Gasteiger partial charge on any atom is 0.414 e. The molecule has 1 aromatic heterocycles. The highest BCUT2D eigenvalue weighted by molar-refractivity contribution is 5.54. The van der Waals surface area contributed by atoms with E-state index in [1.54, 1.807) is 0 Å². The highest BCUT2D eigenvalue weighted by atomic mass is 16.6. The maximum atomic E-state index is 5.27. The predicted octanol–water partition coefficient (Wildman–Crippen LogP) is 2.99. The molecule has 0 aliphatic rings. The van der Waals surface area contributed by atoms with Crippen molar-refractivity contribution in [1.82, 2.24) is 10.2 Å². The summed E-state index contributed by atoms with van der Waals surface area (Å²) in [6.07, 6.45) is 0.181. The van der Waals surface area contributed by atoms with Crippen LogP contribution in [0.5, 0.6) is 6.08 Å². The number of hydrogen-bond donors (Lipinski definition) is 1. The van der Waals surface area contributed by atoms with Crippen LogP contribution in [0.1, 0.15) is 32.2 Å². The van der Waals surface area contributed by atoms with Crippen LogP contribution in [0.4, 0.5) is 5.69 Å². The molecule has 0 bridgehead atoms. The lowest BCUT2D eigenvalue weighted by molar-refractivity contribution is 0.282. The molecule has 1 heterocycles. The van der Waals surface area contributed by atoms with Gasteiger partial charge < -0.3 is 14.5 Å². The number of para-hydroxylation sites is 1. The molecule has 0 fully saturated rings. The summed E-state index contributed by atoms with van der Waals surface area (Å²) in [6.45, 7) is 7.03. The Morgan fingerprint density at radius 1 is 1.21 bits per heavy atom. The first-order chi connectivity index (χ1) is 9.00. The second-order valence-corrected chi connectivity index (χ2v) is 5.31. The van der Waals surface area contributed by atoms with Crippen LogP contribution in [0, 0.1) is 0 Å². The van der Waals surface area contributed by atoms with E-state index >= 15 is 0 Å². The molecule has 5 nitrogen and oxygen atoms in total. The van der Waals surface area contributed by atoms with E-state index < -0.39 is 0 Å². The van der Waals surface area contributed by atoms with E-state index in [1.165, 1.54) is 12.7 Å². The summed E-state index contributed by atoms with van der Waals surface area (Å²) < 4.78 is 10.1. The molecule has 102 valence electrons. The first-order valence-corrected chi connectivity index (χ1v) is 6.20. The third-order valence-corrected chi connectivity index (χ3v) is 2.79. The molecule has 0 aliphatic carbocycles. The van der Waals surface area contributed by atoms with Gasteiger partial charge in [0.1, 0.15) is 0 Å². The Morgan fingerprint density at radius 3 is 2.58 bits per heavy atom. The van der Waals surface area contributed by atoms with Gasteiger partial charge in [0.25, 0.3) is 0 Å². The van der Waals surface area contributed by atoms with Crippen molar-refractivity contribution >= 4 is 5.69 Å². The van der Waals surface area contributed by atoms with Crippen molar-refractivity contribution in [3.63, 3.8) is 0 Å². The number of nitrogens with one attached hydrogen (secondary N) is 1. The second-order valence-electron chi connectivity index (χ2n) is 5.31. The van der Waals surface area contributed by atoms with Gasteiger partial charge in [-0.3, -0.25) is 0 Å². The molecule has 1 N–H and O–H groups in total. The molecule has 0 spiro atoms. The van der Waals surface area contributed by atoms with E-state index in [-0.39, 0.29) is 11.5 Å². The van der Waals surface area contributed by atoms with Crippen molar-refractivity contribution in [3.05, 3.63) is 35.7 Å². The first-order valence-electron chi connectivity index (χ1n) is 6.20. The van der Waals surface area contributed by atoms with Crippen LogP contribution in [0.3, 0.4) is 0 Å². The fourth-order valence-corrected chi connectivity index (χ4v) is 1.85. The van der Waals surface area contributed by atoms with Crippen LogP contribution in [0.15, 0.2) is 28.7 Å². The minimum atomic E-state index is 0.0795. The number of rotatable bonds is 4. The largest absolute Gasteiger partial charge is 0.452 e. The summed E-state index contributed by atoms with van der Waals surface area (Å²) in [4.78, 5) is 0. The fraction of sp³-hybridized carbons (Fsp3) is 0.429. The van der Waals surface area contributed by atoms with E-state index in [0.717, 1.165) is 5.69 Å². The summed E-state index contributed by atoms with van der Waals surface area (Å²) in [5.41, 5.74) is 2.41. The quantitative estimate of drug-likeness (QED) is 0.916. The van der Waals surface area contributed by atoms with Crippen LogP contribution < -0.4 is 10.1 Å². The van der Waals surface area contributed by atoms with Gasteiger partial charge in [0, 0.05) is 5.69 Å². The molecular weight excluding hydrogens is 242 g/mol. The van der Waals surface area contributed by atoms with Gasteiger partial charge >= 0.3 is 6.08 Å². The Labute approximate surface area is 113 Å². The van der Waals surface area contributed by atoms with Gasteiger partial charge in [-0.2, -0.15) is 0 Å². The van der Waals surface area contributed by atoms with E-state index in [1.807, 2.05) is 18.2 Å². The zero-order valence-corrected chi connectivity index (χ0v) is 11.7. The molecule has 0 aliphatic heterocycles. The van der Waals surface area contributed by atoms with E-state index in [0.29, 0.717) is 12.4 Å². The maximum absolute atomic E-state index is 5.27. The second kappa shape index (κ2) is 5.30. The van der Waals surface area contributed by atoms with Gasteiger partial charge in [0.15, 0.2) is 0 Å². The van der Waals surface area contributed by atoms with Crippen molar-refractivity contribution in [1.29, 1.82) is 0 Å². The Kier molecular flexibility index (Phi) is 3.74. The van der Waals surface area contributed by atoms with Crippen molar-refractivity contribution in [3.8, 4) is 6.08 Å². The van der Waals surface area contributed by atoms with Gasteiger partial charge in [0.2, 0.25) is 5.89 Å². The smallest absolute Gasteiger partial charge is 0.414 e. The Morgan fingerprint density at radius 2 is 1.95 bits per heavy atom. The van der Waals surface area contributed by atoms with Crippen LogP contribution in [-0.2, 0) is 12.0 Å². The minimum Gasteiger partial charge on any atom is -0.452 e. The zero-order chi connectivity index (χ0) is 13.9. The predicted molar refractivity (Wildman–Crippen MR) is 73.3 cm³/mol. The van der Waals surface area contributed by atoms with Gasteiger partial charge in [0.05, 0.1) is 13.7 Å². The first kappa shape index (κ1) is 13.4. The van der Waals surface area contributed by atoms with Gasteiger partial charge in [-0.1, -0.05) is 44.1 Å². The van der Waals surface area contributed by atoms with Gasteiger partial charge in [-0.05, 0) is 17.0 Å². The lowest BCUT2D eigenvalue weighted by Crippen LogP contribution is -2.14. The summed E-state index contributed by atoms with van der Waals surface area (Å²) in [5.74, 6) is 0.501. The molecule has 5 heteroatoms. The third-order valence-electron chi connectivity index (χ3n) is 2.79. The molecule has 19 heavy (non-hydrogen) atoms. The summed E-state index contributed by atoms with van der Waals surface area (Å²) >= 11 is 0. The van der Waals surface area contributed by atoms with E-state index in [2.05, 4.69) is 42.4 Å². The molecule has 0 unspecified atom stereocenters. The molecule has 0 radical (unpaired) electrons. The summed E-state index contributed by atoms with van der Waals surface area (Å²) in [6, 6.07) is 8.22. The highest BCUT2D eigenvalue weighted by Crippen LogP contribution is 2.29. The molecule has 0 amide bonds. The molecule has 0 saturated heterocycles. The number of aromatic nitrogens is 2. The molecule has 0 saturated carbocycles. The average molecular weight is 261 g/mol. The van der Waals surface area contributed by atoms with Crippen molar-refractivity contribution in [2.75, 3.05) is 12.4 Å². The normalized spacial score (nSPS) is 11.4. The van der Waals surface area contributed by atoms with Crippen LogP contribution in [0.2, 0.25) is 0 Å². The van der Waals surface area contributed by atoms with Crippen molar-refractivity contribution in [2.45, 2.75) is 32.7 Å². The topological polar surface area (TPSA) is 60.2 Å². The third kappa shape index (κ3) is 3.24. The minimum absolute atomic E-state index is 0.0795. The van der Waals surface area contributed by atoms with E-state index in [9.17, 15) is 0 Å². The fourth-order valence-electron chi connectivity index (χ4n) is 1.85. The van der Waals surface area contributed by atoms with Crippen molar-refractivity contribution in [2.24, 2.45) is 0 Å². The Hall–Kier alpha value is -2.04. The monoisotopic (exact) mass is 261 g/mol. The number of anilines is 1. The van der Waals surface area contributed by atoms with Crippen LogP contribution in [0.25, 0.3) is 0 Å². The molecule has 2 rings (SSSR count). The van der Waals surface area contributed by atoms with Gasteiger partial charge in [-0.25, -0.2) is 0 Å². The molecule has 1 aromatic carbocycles. The van der Waals surface area contributed by atoms with Gasteiger partial charge in [-0.15, -0.1) is 5.10 Å². The number of benzene rings is 1. The molecule has 2 aromatic rings. The standard InChI is InChI=1S/C14H19N3O2/c1-14(2,3)10-7-5-6-8-11(10)15-9-12-16-17-13(18-4)19-12/h5-8,15H,9H2,1-4H3. The lowest BCUT2D eigenvalue weighted by atomic mass is 9.86. The molecule has 0 atom stereocenters. The van der Waals surface area contributed by atoms with E-state index in [4.69, 9.17) is 9.15 Å². The highest BCUT2D eigenvalue weighted by Gasteiger charge is 2.17. The SMILES string of the molecule is COc1nnc(CNc2ccccc2C(C)(C)C)o1.